The highest BCUT2D eigenvalue weighted by atomic mass is 127. The molecule has 1 rings (SSSR count). The molecule has 0 heterocycles. The van der Waals surface area contributed by atoms with Crippen LogP contribution in [0.3, 0.4) is 0 Å². The number of ether oxygens (including phenoxy) is 3. The van der Waals surface area contributed by atoms with Crippen molar-refractivity contribution in [2.75, 3.05) is 66.5 Å². The molecule has 1 aromatic carbocycles. The Hall–Kier alpha value is -1.59. The molecule has 0 aliphatic rings. The summed E-state index contributed by atoms with van der Waals surface area (Å²) in [4.78, 5) is 17.6. The minimum absolute atomic E-state index is 0. The smallest absolute Gasteiger partial charge is 0.243 e. The van der Waals surface area contributed by atoms with Crippen LogP contribution in [0.5, 0.6) is 5.75 Å². The Balaban J connectivity index is 0.00000676. The molecule has 2 N–H and O–H groups in total. The van der Waals surface area contributed by atoms with Crippen LogP contribution < -0.4 is 15.4 Å². The third-order valence-corrected chi connectivity index (χ3v) is 3.33. The fourth-order valence-corrected chi connectivity index (χ4v) is 1.89. The number of aliphatic imine (C=N–C) groups is 1. The van der Waals surface area contributed by atoms with E-state index in [1.165, 1.54) is 4.90 Å². The van der Waals surface area contributed by atoms with Crippen LogP contribution in [0.2, 0.25) is 0 Å². The van der Waals surface area contributed by atoms with Gasteiger partial charge in [0, 0.05) is 59.6 Å². The number of carbonyl (C=O) groups excluding carboxylic acids is 1. The number of hydrogen-bond acceptors (Lipinski definition) is 5. The number of likely N-dealkylation sites (N-methyl/N-ethyl adjacent to an activating group) is 1. The highest BCUT2D eigenvalue weighted by molar-refractivity contribution is 14.0. The molecule has 8 nitrogen and oxygen atoms in total. The molecule has 0 spiro atoms. The first kappa shape index (κ1) is 25.4. The normalized spacial score (nSPS) is 10.7. The molecule has 0 bridgehead atoms. The van der Waals surface area contributed by atoms with Crippen molar-refractivity contribution in [2.45, 2.75) is 6.42 Å². The second-order valence-corrected chi connectivity index (χ2v) is 5.72. The minimum Gasteiger partial charge on any atom is -0.493 e. The first-order chi connectivity index (χ1) is 12.6. The van der Waals surface area contributed by atoms with Crippen LogP contribution in [0.4, 0.5) is 5.69 Å². The van der Waals surface area contributed by atoms with E-state index in [0.29, 0.717) is 32.3 Å². The van der Waals surface area contributed by atoms with E-state index in [4.69, 9.17) is 14.2 Å². The average Bonchev–Trinajstić information content (AvgIpc) is 2.63. The van der Waals surface area contributed by atoms with E-state index in [1.807, 2.05) is 24.3 Å². The summed E-state index contributed by atoms with van der Waals surface area (Å²) in [6.45, 7) is 2.42. The van der Waals surface area contributed by atoms with Crippen molar-refractivity contribution in [3.05, 3.63) is 24.3 Å². The van der Waals surface area contributed by atoms with Crippen molar-refractivity contribution in [2.24, 2.45) is 4.99 Å². The van der Waals surface area contributed by atoms with E-state index in [-0.39, 0.29) is 36.4 Å². The molecule has 9 heteroatoms. The van der Waals surface area contributed by atoms with Crippen molar-refractivity contribution in [3.8, 4) is 5.75 Å². The fourth-order valence-electron chi connectivity index (χ4n) is 1.89. The van der Waals surface area contributed by atoms with Crippen molar-refractivity contribution < 1.29 is 19.0 Å². The minimum atomic E-state index is -0.0759. The Labute approximate surface area is 178 Å². The van der Waals surface area contributed by atoms with Gasteiger partial charge in [0.1, 0.15) is 12.3 Å². The van der Waals surface area contributed by atoms with Crippen LogP contribution >= 0.6 is 24.0 Å². The number of methoxy groups -OCH3 is 2. The monoisotopic (exact) mass is 494 g/mol. The largest absolute Gasteiger partial charge is 0.493 e. The second kappa shape index (κ2) is 15.5. The van der Waals surface area contributed by atoms with E-state index >= 15 is 0 Å². The number of benzene rings is 1. The Kier molecular flexibility index (Phi) is 14.6. The van der Waals surface area contributed by atoms with Crippen molar-refractivity contribution >= 4 is 41.5 Å². The Bertz CT molecular complexity index is 570. The molecule has 0 unspecified atom stereocenters. The number of anilines is 1. The Morgan fingerprint density at radius 2 is 1.89 bits per heavy atom. The first-order valence-corrected chi connectivity index (χ1v) is 8.53. The van der Waals surface area contributed by atoms with Crippen LogP contribution in [-0.2, 0) is 14.3 Å². The molecule has 0 atom stereocenters. The van der Waals surface area contributed by atoms with E-state index in [9.17, 15) is 4.79 Å². The summed E-state index contributed by atoms with van der Waals surface area (Å²) in [7, 11) is 6.70. The van der Waals surface area contributed by atoms with Gasteiger partial charge in [-0.2, -0.15) is 0 Å². The third-order valence-electron chi connectivity index (χ3n) is 3.33. The van der Waals surface area contributed by atoms with Gasteiger partial charge in [0.25, 0.3) is 0 Å². The first-order valence-electron chi connectivity index (χ1n) is 8.53. The number of guanidine groups is 1. The molecule has 27 heavy (non-hydrogen) atoms. The lowest BCUT2D eigenvalue weighted by molar-refractivity contribution is -0.127. The number of nitrogens with zero attached hydrogens (tertiary/aromatic N) is 2. The van der Waals surface area contributed by atoms with Gasteiger partial charge in [-0.1, -0.05) is 6.07 Å². The number of halogens is 1. The summed E-state index contributed by atoms with van der Waals surface area (Å²) in [5.74, 6) is 1.19. The maximum Gasteiger partial charge on any atom is 0.243 e. The van der Waals surface area contributed by atoms with Crippen molar-refractivity contribution in [3.63, 3.8) is 0 Å². The molecule has 0 radical (unpaired) electrons. The van der Waals surface area contributed by atoms with Crippen LogP contribution in [0, 0.1) is 0 Å². The average molecular weight is 494 g/mol. The lowest BCUT2D eigenvalue weighted by atomic mass is 10.3. The molecule has 0 aliphatic carbocycles. The SMILES string of the molecule is COCCCOc1cccc(NC(=NCC(=O)N(C)C)NCCOC)c1.I. The predicted molar refractivity (Wildman–Crippen MR) is 118 cm³/mol. The fraction of sp³-hybridized carbons (Fsp3) is 0.556. The zero-order valence-electron chi connectivity index (χ0n) is 16.5. The molecule has 1 aromatic rings. The molecule has 0 saturated carbocycles. The summed E-state index contributed by atoms with van der Waals surface area (Å²) in [6.07, 6.45) is 0.825. The van der Waals surface area contributed by atoms with Crippen molar-refractivity contribution in [1.82, 2.24) is 10.2 Å². The third kappa shape index (κ3) is 11.7. The van der Waals surface area contributed by atoms with Gasteiger partial charge in [0.15, 0.2) is 5.96 Å². The second-order valence-electron chi connectivity index (χ2n) is 5.72. The summed E-state index contributed by atoms with van der Waals surface area (Å²) in [5.41, 5.74) is 0.815. The van der Waals surface area contributed by atoms with Gasteiger partial charge >= 0.3 is 0 Å². The number of hydrogen-bond donors (Lipinski definition) is 2. The van der Waals surface area contributed by atoms with Crippen LogP contribution in [0.25, 0.3) is 0 Å². The molecule has 1 amide bonds. The van der Waals surface area contributed by atoms with Crippen LogP contribution in [0.1, 0.15) is 6.42 Å². The summed E-state index contributed by atoms with van der Waals surface area (Å²) in [6, 6.07) is 7.58. The molecule has 0 aromatic heterocycles. The molecule has 0 fully saturated rings. The number of nitrogens with one attached hydrogen (secondary N) is 2. The predicted octanol–water partition coefficient (Wildman–Crippen LogP) is 1.81. The van der Waals surface area contributed by atoms with Gasteiger partial charge in [-0.3, -0.25) is 4.79 Å². The van der Waals surface area contributed by atoms with Gasteiger partial charge in [-0.15, -0.1) is 24.0 Å². The Morgan fingerprint density at radius 1 is 1.15 bits per heavy atom. The standard InChI is InChI=1S/C18H30N4O4.HI/c1-22(2)17(23)14-20-18(19-9-12-25-4)21-15-7-5-8-16(13-15)26-11-6-10-24-3;/h5,7-8,13H,6,9-12,14H2,1-4H3,(H2,19,20,21);1H. The van der Waals surface area contributed by atoms with E-state index in [1.54, 1.807) is 28.3 Å². The van der Waals surface area contributed by atoms with Crippen molar-refractivity contribution in [1.29, 1.82) is 0 Å². The zero-order valence-corrected chi connectivity index (χ0v) is 18.8. The van der Waals surface area contributed by atoms with Crippen LogP contribution in [0.15, 0.2) is 29.3 Å². The topological polar surface area (TPSA) is 84.4 Å². The van der Waals surface area contributed by atoms with Gasteiger partial charge in [0.2, 0.25) is 5.91 Å². The van der Waals surface area contributed by atoms with Gasteiger partial charge in [-0.25, -0.2) is 4.99 Å². The highest BCUT2D eigenvalue weighted by Crippen LogP contribution is 2.17. The maximum atomic E-state index is 11.8. The Morgan fingerprint density at radius 3 is 2.56 bits per heavy atom. The molecule has 0 saturated heterocycles. The molecule has 154 valence electrons. The lowest BCUT2D eigenvalue weighted by Gasteiger charge is -2.14. The molecule has 0 aliphatic heterocycles. The van der Waals surface area contributed by atoms with Gasteiger partial charge in [-0.05, 0) is 12.1 Å². The summed E-state index contributed by atoms with van der Waals surface area (Å²) in [5, 5.41) is 6.31. The lowest BCUT2D eigenvalue weighted by Crippen LogP contribution is -2.35. The summed E-state index contributed by atoms with van der Waals surface area (Å²) < 4.78 is 15.7. The maximum absolute atomic E-state index is 11.8. The molecular formula is C18H31IN4O4. The van der Waals surface area contributed by atoms with Gasteiger partial charge < -0.3 is 29.7 Å². The highest BCUT2D eigenvalue weighted by Gasteiger charge is 2.06. The summed E-state index contributed by atoms with van der Waals surface area (Å²) >= 11 is 0. The quantitative estimate of drug-likeness (QED) is 0.211. The van der Waals surface area contributed by atoms with E-state index < -0.39 is 0 Å². The van der Waals surface area contributed by atoms with E-state index in [2.05, 4.69) is 15.6 Å². The number of rotatable bonds is 11. The number of amides is 1. The van der Waals surface area contributed by atoms with Gasteiger partial charge in [0.05, 0.1) is 13.2 Å². The van der Waals surface area contributed by atoms with E-state index in [0.717, 1.165) is 17.9 Å². The zero-order chi connectivity index (χ0) is 19.2. The van der Waals surface area contributed by atoms with Crippen LogP contribution in [-0.4, -0.2) is 78.0 Å². The number of carbonyl (C=O) groups is 1. The molecular weight excluding hydrogens is 463 g/mol.